The highest BCUT2D eigenvalue weighted by molar-refractivity contribution is 5.91. The fourth-order valence-electron chi connectivity index (χ4n) is 4.90. The van der Waals surface area contributed by atoms with Crippen LogP contribution in [0.15, 0.2) is 23.8 Å². The molecule has 0 saturated carbocycles. The Kier molecular flexibility index (Phi) is 3.88. The summed E-state index contributed by atoms with van der Waals surface area (Å²) in [5.74, 6) is 0.158. The molecule has 132 valence electrons. The van der Waals surface area contributed by atoms with Gasteiger partial charge in [-0.3, -0.25) is 0 Å². The number of hydrogen-bond acceptors (Lipinski definition) is 4. The fraction of sp³-hybridized carbons (Fsp3) is 0.750. The maximum atomic E-state index is 12.1. The summed E-state index contributed by atoms with van der Waals surface area (Å²) in [7, 11) is 0. The predicted molar refractivity (Wildman–Crippen MR) is 90.5 cm³/mol. The first kappa shape index (κ1) is 16.3. The number of hydrogen-bond donors (Lipinski definition) is 0. The quantitative estimate of drug-likeness (QED) is 0.386. The van der Waals surface area contributed by atoms with Crippen LogP contribution in [-0.4, -0.2) is 36.0 Å². The van der Waals surface area contributed by atoms with Crippen molar-refractivity contribution in [1.29, 1.82) is 0 Å². The number of carbonyl (C=O) groups is 1. The zero-order valence-corrected chi connectivity index (χ0v) is 14.9. The van der Waals surface area contributed by atoms with E-state index in [2.05, 4.69) is 33.4 Å². The minimum Gasteiger partial charge on any atom is -0.456 e. The average molecular weight is 332 g/mol. The molecule has 4 aliphatic heterocycles. The largest absolute Gasteiger partial charge is 0.456 e. The summed E-state index contributed by atoms with van der Waals surface area (Å²) >= 11 is 0. The third-order valence-corrected chi connectivity index (χ3v) is 6.62. The van der Waals surface area contributed by atoms with E-state index in [1.54, 1.807) is 0 Å². The second kappa shape index (κ2) is 5.70. The molecule has 0 aromatic rings. The zero-order chi connectivity index (χ0) is 17.1. The molecule has 0 amide bonds. The van der Waals surface area contributed by atoms with E-state index in [0.717, 1.165) is 32.1 Å². The lowest BCUT2D eigenvalue weighted by atomic mass is 9.77. The van der Waals surface area contributed by atoms with E-state index >= 15 is 0 Å². The molecular formula is C20H28O4. The van der Waals surface area contributed by atoms with Crippen LogP contribution in [0.1, 0.15) is 52.9 Å². The fourth-order valence-corrected chi connectivity index (χ4v) is 4.90. The second-order valence-corrected chi connectivity index (χ2v) is 8.29. The van der Waals surface area contributed by atoms with Gasteiger partial charge in [-0.05, 0) is 57.4 Å². The number of fused-ring (bicyclic) bond motifs is 7. The first-order chi connectivity index (χ1) is 11.4. The zero-order valence-electron chi connectivity index (χ0n) is 14.9. The highest BCUT2D eigenvalue weighted by Crippen LogP contribution is 2.48. The molecule has 4 rings (SSSR count). The van der Waals surface area contributed by atoms with Crippen molar-refractivity contribution in [3.05, 3.63) is 23.8 Å². The molecule has 4 aliphatic rings. The molecule has 0 radical (unpaired) electrons. The maximum absolute atomic E-state index is 12.1. The van der Waals surface area contributed by atoms with E-state index in [-0.39, 0.29) is 41.9 Å². The van der Waals surface area contributed by atoms with Crippen LogP contribution in [0.3, 0.4) is 0 Å². The van der Waals surface area contributed by atoms with Crippen molar-refractivity contribution in [3.8, 4) is 0 Å². The summed E-state index contributed by atoms with van der Waals surface area (Å²) in [6.45, 7) is 10.6. The molecule has 3 fully saturated rings. The summed E-state index contributed by atoms with van der Waals surface area (Å²) in [6, 6.07) is 0. The van der Waals surface area contributed by atoms with E-state index in [0.29, 0.717) is 11.5 Å². The molecule has 3 saturated heterocycles. The maximum Gasteiger partial charge on any atom is 0.334 e. The molecule has 4 heterocycles. The number of rotatable bonds is 0. The highest BCUT2D eigenvalue weighted by atomic mass is 16.6. The monoisotopic (exact) mass is 332 g/mol. The van der Waals surface area contributed by atoms with Gasteiger partial charge in [0.1, 0.15) is 6.10 Å². The van der Waals surface area contributed by atoms with Gasteiger partial charge in [-0.1, -0.05) is 19.6 Å². The van der Waals surface area contributed by atoms with E-state index in [1.165, 1.54) is 5.57 Å². The predicted octanol–water partition coefficient (Wildman–Crippen LogP) is 3.56. The molecular weight excluding hydrogens is 304 g/mol. The van der Waals surface area contributed by atoms with Crippen LogP contribution in [0.4, 0.5) is 0 Å². The van der Waals surface area contributed by atoms with Gasteiger partial charge in [0.15, 0.2) is 0 Å². The molecule has 0 unspecified atom stereocenters. The number of carbonyl (C=O) groups excluding carboxylic acids is 1. The minimum atomic E-state index is -0.293. The second-order valence-electron chi connectivity index (χ2n) is 8.29. The van der Waals surface area contributed by atoms with Crippen molar-refractivity contribution in [2.45, 2.75) is 82.9 Å². The van der Waals surface area contributed by atoms with Crippen molar-refractivity contribution in [3.63, 3.8) is 0 Å². The third-order valence-electron chi connectivity index (χ3n) is 6.62. The van der Waals surface area contributed by atoms with Gasteiger partial charge in [0, 0.05) is 11.5 Å². The summed E-state index contributed by atoms with van der Waals surface area (Å²) in [5.41, 5.74) is 1.67. The Morgan fingerprint density at radius 1 is 1.29 bits per heavy atom. The lowest BCUT2D eigenvalue weighted by Crippen LogP contribution is -2.54. The average Bonchev–Trinajstić information content (AvgIpc) is 3.08. The summed E-state index contributed by atoms with van der Waals surface area (Å²) in [5, 5.41) is 0. The number of ether oxygens (including phenoxy) is 3. The molecule has 0 spiro atoms. The van der Waals surface area contributed by atoms with Gasteiger partial charge in [0.05, 0.1) is 23.9 Å². The van der Waals surface area contributed by atoms with Gasteiger partial charge in [-0.25, -0.2) is 4.79 Å². The normalized spacial score (nSPS) is 50.5. The smallest absolute Gasteiger partial charge is 0.334 e. The van der Waals surface area contributed by atoms with Gasteiger partial charge < -0.3 is 14.2 Å². The molecule has 24 heavy (non-hydrogen) atoms. The Balaban J connectivity index is 1.70. The van der Waals surface area contributed by atoms with Crippen molar-refractivity contribution in [1.82, 2.24) is 0 Å². The van der Waals surface area contributed by atoms with Crippen molar-refractivity contribution < 1.29 is 19.0 Å². The van der Waals surface area contributed by atoms with Crippen LogP contribution < -0.4 is 0 Å². The van der Waals surface area contributed by atoms with Crippen LogP contribution in [0.2, 0.25) is 0 Å². The van der Waals surface area contributed by atoms with Gasteiger partial charge >= 0.3 is 5.97 Å². The summed E-state index contributed by atoms with van der Waals surface area (Å²) in [4.78, 5) is 12.1. The molecule has 4 bridgehead atoms. The summed E-state index contributed by atoms with van der Waals surface area (Å²) < 4.78 is 18.7. The molecule has 0 N–H and O–H groups in total. The first-order valence-corrected chi connectivity index (χ1v) is 9.29. The van der Waals surface area contributed by atoms with Gasteiger partial charge in [-0.15, -0.1) is 0 Å². The third kappa shape index (κ3) is 2.46. The van der Waals surface area contributed by atoms with Crippen molar-refractivity contribution in [2.24, 2.45) is 11.8 Å². The summed E-state index contributed by atoms with van der Waals surface area (Å²) in [6.07, 6.45) is 7.12. The Hall–Kier alpha value is -1.13. The van der Waals surface area contributed by atoms with Gasteiger partial charge in [0.25, 0.3) is 0 Å². The SMILES string of the molecule is C=C1C(=O)O[C@H]2[C@H]3O[C@@H](C[C@@H]12)[C@@]1(C)CC[C@H](O1)/C(C)=C\CC[C@H]3C. The number of esters is 1. The Labute approximate surface area is 144 Å². The molecule has 7 atom stereocenters. The van der Waals surface area contributed by atoms with E-state index in [1.807, 2.05) is 0 Å². The standard InChI is InChI=1S/C20H28O4/c1-11-6-5-7-12(2)17-18-14(13(3)19(21)23-18)10-16(22-17)20(4)9-8-15(11)24-20/h6,12,14-18H,3,5,7-10H2,1-2,4H3/b11-6-/t12-,14+,15+,16+,17+,18-,20-/m1/s1. The van der Waals surface area contributed by atoms with Crippen LogP contribution >= 0.6 is 0 Å². The van der Waals surface area contributed by atoms with E-state index in [4.69, 9.17) is 14.2 Å². The van der Waals surface area contributed by atoms with Gasteiger partial charge in [-0.2, -0.15) is 0 Å². The lowest BCUT2D eigenvalue weighted by Gasteiger charge is -2.45. The number of allylic oxidation sites excluding steroid dienone is 1. The Morgan fingerprint density at radius 2 is 2.08 bits per heavy atom. The highest BCUT2D eigenvalue weighted by Gasteiger charge is 2.55. The topological polar surface area (TPSA) is 44.8 Å². The molecule has 4 nitrogen and oxygen atoms in total. The van der Waals surface area contributed by atoms with Crippen LogP contribution in [0.25, 0.3) is 0 Å². The van der Waals surface area contributed by atoms with Crippen molar-refractivity contribution >= 4 is 5.97 Å². The first-order valence-electron chi connectivity index (χ1n) is 9.29. The molecule has 0 aromatic heterocycles. The van der Waals surface area contributed by atoms with Gasteiger partial charge in [0.2, 0.25) is 0 Å². The van der Waals surface area contributed by atoms with E-state index < -0.39 is 0 Å². The molecule has 0 aliphatic carbocycles. The van der Waals surface area contributed by atoms with Crippen LogP contribution in [0, 0.1) is 11.8 Å². The molecule has 4 heteroatoms. The molecule has 0 aromatic carbocycles. The minimum absolute atomic E-state index is 0.00616. The van der Waals surface area contributed by atoms with Crippen LogP contribution in [-0.2, 0) is 19.0 Å². The van der Waals surface area contributed by atoms with Crippen LogP contribution in [0.5, 0.6) is 0 Å². The Bertz CT molecular complexity index is 594. The van der Waals surface area contributed by atoms with Crippen molar-refractivity contribution in [2.75, 3.05) is 0 Å². The van der Waals surface area contributed by atoms with E-state index in [9.17, 15) is 4.79 Å². The Morgan fingerprint density at radius 3 is 2.88 bits per heavy atom. The lowest BCUT2D eigenvalue weighted by molar-refractivity contribution is -0.212.